The van der Waals surface area contributed by atoms with Crippen molar-refractivity contribution in [2.75, 3.05) is 0 Å². The first-order chi connectivity index (χ1) is 14.2. The molecule has 0 saturated heterocycles. The maximum atomic E-state index is 14.9. The van der Waals surface area contributed by atoms with Gasteiger partial charge in [0.25, 0.3) is 0 Å². The third-order valence-corrected chi connectivity index (χ3v) is 7.91. The molecule has 2 fully saturated rings. The van der Waals surface area contributed by atoms with Crippen LogP contribution in [-0.4, -0.2) is 0 Å². The fourth-order valence-corrected chi connectivity index (χ4v) is 5.91. The van der Waals surface area contributed by atoms with Crippen LogP contribution in [-0.2, 0) is 6.42 Å². The van der Waals surface area contributed by atoms with Gasteiger partial charge in [-0.1, -0.05) is 62.4 Å². The van der Waals surface area contributed by atoms with E-state index in [-0.39, 0.29) is 0 Å². The fraction of sp³-hybridized carbons (Fsp3) is 0.385. The van der Waals surface area contributed by atoms with Gasteiger partial charge in [0, 0.05) is 20.9 Å². The minimum Gasteiger partial charge on any atom is -0.203 e. The van der Waals surface area contributed by atoms with Crippen LogP contribution in [0.5, 0.6) is 0 Å². The Kier molecular flexibility index (Phi) is 5.26. The lowest BCUT2D eigenvalue weighted by Crippen LogP contribution is -2.12. The summed E-state index contributed by atoms with van der Waals surface area (Å²) in [5, 5.41) is 0. The molecule has 0 bridgehead atoms. The Labute approximate surface area is 175 Å². The first-order valence-electron chi connectivity index (χ1n) is 10.9. The van der Waals surface area contributed by atoms with Crippen molar-refractivity contribution in [1.82, 2.24) is 0 Å². The summed E-state index contributed by atoms with van der Waals surface area (Å²) in [6, 6.07) is 15.5. The number of rotatable bonds is 5. The maximum Gasteiger partial charge on any atom is 0.168 e. The van der Waals surface area contributed by atoms with E-state index < -0.39 is 11.6 Å². The average Bonchev–Trinajstić information content (AvgIpc) is 3.39. The molecule has 0 N–H and O–H groups in total. The van der Waals surface area contributed by atoms with Crippen LogP contribution < -0.4 is 0 Å². The summed E-state index contributed by atoms with van der Waals surface area (Å²) in [5.74, 6) is -0.0805. The van der Waals surface area contributed by atoms with Crippen molar-refractivity contribution in [3.8, 4) is 21.6 Å². The number of hydrogen-bond acceptors (Lipinski definition) is 1. The lowest BCUT2D eigenvalue weighted by Gasteiger charge is -2.24. The molecule has 29 heavy (non-hydrogen) atoms. The molecule has 3 aromatic rings. The second kappa shape index (κ2) is 8.02. The highest BCUT2D eigenvalue weighted by atomic mass is 32.1. The van der Waals surface area contributed by atoms with Crippen molar-refractivity contribution < 1.29 is 8.78 Å². The van der Waals surface area contributed by atoms with Gasteiger partial charge in [-0.2, -0.15) is 0 Å². The van der Waals surface area contributed by atoms with Crippen LogP contribution in [0.3, 0.4) is 0 Å². The average molecular weight is 409 g/mol. The Morgan fingerprint density at radius 2 is 1.41 bits per heavy atom. The van der Waals surface area contributed by atoms with E-state index in [4.69, 9.17) is 0 Å². The predicted molar refractivity (Wildman–Crippen MR) is 117 cm³/mol. The second-order valence-electron chi connectivity index (χ2n) is 8.66. The van der Waals surface area contributed by atoms with E-state index in [0.717, 1.165) is 22.8 Å². The Hall–Kier alpha value is -2.00. The molecule has 0 aliphatic heterocycles. The van der Waals surface area contributed by atoms with Crippen molar-refractivity contribution in [1.29, 1.82) is 0 Å². The van der Waals surface area contributed by atoms with Gasteiger partial charge in [0.2, 0.25) is 0 Å². The van der Waals surface area contributed by atoms with Crippen LogP contribution >= 0.6 is 11.3 Å². The monoisotopic (exact) mass is 408 g/mol. The molecule has 5 rings (SSSR count). The molecule has 2 aromatic carbocycles. The van der Waals surface area contributed by atoms with Gasteiger partial charge in [-0.15, -0.1) is 11.3 Å². The molecule has 1 heterocycles. The lowest BCUT2D eigenvalue weighted by molar-refractivity contribution is 0.316. The highest BCUT2D eigenvalue weighted by molar-refractivity contribution is 7.15. The summed E-state index contributed by atoms with van der Waals surface area (Å²) in [6.45, 7) is 0. The van der Waals surface area contributed by atoms with Crippen molar-refractivity contribution in [2.24, 2.45) is 5.92 Å². The van der Waals surface area contributed by atoms with Gasteiger partial charge in [-0.3, -0.25) is 0 Å². The molecule has 0 nitrogen and oxygen atoms in total. The van der Waals surface area contributed by atoms with Crippen LogP contribution in [0.1, 0.15) is 61.3 Å². The molecule has 2 aliphatic carbocycles. The van der Waals surface area contributed by atoms with Crippen molar-refractivity contribution in [3.05, 3.63) is 70.6 Å². The van der Waals surface area contributed by atoms with E-state index >= 15 is 0 Å². The highest BCUT2D eigenvalue weighted by Crippen LogP contribution is 2.38. The molecule has 1 aromatic heterocycles. The van der Waals surface area contributed by atoms with Crippen LogP contribution in [0.15, 0.2) is 48.5 Å². The number of benzene rings is 2. The standard InChI is InChI=1S/C26H26F2S/c27-25-22(20-10-8-19(9-11-20)18-6-1-2-7-18)13-14-23(26(25)28)24-15-12-21(29-24)16-17-4-3-5-17/h8-15,17-18H,1-7,16H2. The van der Waals surface area contributed by atoms with E-state index in [1.54, 1.807) is 23.5 Å². The molecular weight excluding hydrogens is 382 g/mol. The fourth-order valence-electron chi connectivity index (χ4n) is 4.77. The first-order valence-corrected chi connectivity index (χ1v) is 11.7. The number of hydrogen-bond donors (Lipinski definition) is 0. The van der Waals surface area contributed by atoms with Gasteiger partial charge in [0.1, 0.15) is 0 Å². The van der Waals surface area contributed by atoms with Crippen molar-refractivity contribution in [3.63, 3.8) is 0 Å². The van der Waals surface area contributed by atoms with E-state index in [9.17, 15) is 8.78 Å². The van der Waals surface area contributed by atoms with E-state index in [1.165, 1.54) is 55.4 Å². The molecule has 0 amide bonds. The summed E-state index contributed by atoms with van der Waals surface area (Å²) in [6.07, 6.45) is 10.0. The molecule has 0 atom stereocenters. The first kappa shape index (κ1) is 19.0. The van der Waals surface area contributed by atoms with Gasteiger partial charge < -0.3 is 0 Å². The van der Waals surface area contributed by atoms with Gasteiger partial charge in [0.05, 0.1) is 0 Å². The van der Waals surface area contributed by atoms with Crippen molar-refractivity contribution >= 4 is 11.3 Å². The molecule has 0 radical (unpaired) electrons. The zero-order valence-electron chi connectivity index (χ0n) is 16.6. The molecule has 150 valence electrons. The summed E-state index contributed by atoms with van der Waals surface area (Å²) in [5.41, 5.74) is 2.78. The van der Waals surface area contributed by atoms with Crippen LogP contribution in [0.2, 0.25) is 0 Å². The highest BCUT2D eigenvalue weighted by Gasteiger charge is 2.21. The smallest absolute Gasteiger partial charge is 0.168 e. The van der Waals surface area contributed by atoms with Crippen molar-refractivity contribution in [2.45, 2.75) is 57.3 Å². The van der Waals surface area contributed by atoms with E-state index in [2.05, 4.69) is 18.2 Å². The quantitative estimate of drug-likeness (QED) is 0.398. The molecule has 2 saturated carbocycles. The Morgan fingerprint density at radius 1 is 0.724 bits per heavy atom. The molecule has 0 spiro atoms. The summed E-state index contributed by atoms with van der Waals surface area (Å²) in [4.78, 5) is 2.09. The third kappa shape index (κ3) is 3.77. The zero-order valence-corrected chi connectivity index (χ0v) is 17.4. The number of halogens is 2. The normalized spacial score (nSPS) is 17.6. The lowest BCUT2D eigenvalue weighted by atomic mass is 9.83. The van der Waals surface area contributed by atoms with Crippen LogP contribution in [0, 0.1) is 17.6 Å². The minimum atomic E-state index is -0.745. The predicted octanol–water partition coefficient (Wildman–Crippen LogP) is 8.36. The summed E-state index contributed by atoms with van der Waals surface area (Å²) in [7, 11) is 0. The zero-order chi connectivity index (χ0) is 19.8. The summed E-state index contributed by atoms with van der Waals surface area (Å²) < 4.78 is 29.9. The largest absolute Gasteiger partial charge is 0.203 e. The summed E-state index contributed by atoms with van der Waals surface area (Å²) >= 11 is 1.60. The van der Waals surface area contributed by atoms with E-state index in [0.29, 0.717) is 17.0 Å². The molecule has 3 heteroatoms. The topological polar surface area (TPSA) is 0 Å². The van der Waals surface area contributed by atoms with Crippen LogP contribution in [0.25, 0.3) is 21.6 Å². The SMILES string of the molecule is Fc1c(-c2ccc(C3CCCC3)cc2)ccc(-c2ccc(CC3CCC3)s2)c1F. The third-order valence-electron chi connectivity index (χ3n) is 6.77. The molecule has 2 aliphatic rings. The van der Waals surface area contributed by atoms with Gasteiger partial charge in [0.15, 0.2) is 11.6 Å². The Morgan fingerprint density at radius 3 is 2.10 bits per heavy atom. The van der Waals surface area contributed by atoms with E-state index in [1.807, 2.05) is 18.2 Å². The maximum absolute atomic E-state index is 14.9. The minimum absolute atomic E-state index is 0.343. The molecule has 0 unspecified atom stereocenters. The number of thiophene rings is 1. The molecular formula is C26H26F2S. The van der Waals surface area contributed by atoms with Gasteiger partial charge in [-0.25, -0.2) is 8.78 Å². The van der Waals surface area contributed by atoms with Gasteiger partial charge in [-0.05, 0) is 60.4 Å². The Bertz CT molecular complexity index is 992. The Balaban J connectivity index is 1.39. The second-order valence-corrected chi connectivity index (χ2v) is 9.83. The van der Waals surface area contributed by atoms with Gasteiger partial charge >= 0.3 is 0 Å². The van der Waals surface area contributed by atoms with Crippen LogP contribution in [0.4, 0.5) is 8.78 Å².